The molecule has 18 heavy (non-hydrogen) atoms. The third-order valence-electron chi connectivity index (χ3n) is 4.40. The van der Waals surface area contributed by atoms with Crippen molar-refractivity contribution in [2.45, 2.75) is 77.0 Å². The van der Waals surface area contributed by atoms with Gasteiger partial charge >= 0.3 is 0 Å². The summed E-state index contributed by atoms with van der Waals surface area (Å²) < 4.78 is 6.04. The molecule has 0 amide bonds. The number of rotatable bonds is 6. The van der Waals surface area contributed by atoms with Gasteiger partial charge in [-0.1, -0.05) is 13.8 Å². The van der Waals surface area contributed by atoms with Gasteiger partial charge in [0.15, 0.2) is 0 Å². The Labute approximate surface area is 111 Å². The third kappa shape index (κ3) is 4.22. The largest absolute Gasteiger partial charge is 0.394 e. The van der Waals surface area contributed by atoms with E-state index in [0.717, 1.165) is 12.8 Å². The van der Waals surface area contributed by atoms with E-state index in [9.17, 15) is 5.11 Å². The van der Waals surface area contributed by atoms with Crippen LogP contribution in [-0.4, -0.2) is 36.0 Å². The second-order valence-corrected chi connectivity index (χ2v) is 7.31. The molecule has 106 valence electrons. The fourth-order valence-electron chi connectivity index (χ4n) is 2.69. The maximum absolute atomic E-state index is 9.53. The van der Waals surface area contributed by atoms with Gasteiger partial charge in [0.25, 0.3) is 0 Å². The van der Waals surface area contributed by atoms with E-state index in [-0.39, 0.29) is 12.1 Å². The van der Waals surface area contributed by atoms with E-state index in [1.807, 2.05) is 0 Å². The van der Waals surface area contributed by atoms with Gasteiger partial charge in [0.05, 0.1) is 24.9 Å². The number of aliphatic hydroxyl groups is 1. The molecule has 3 nitrogen and oxygen atoms in total. The Kier molecular flexibility index (Phi) is 4.35. The molecule has 2 aliphatic carbocycles. The maximum atomic E-state index is 9.53. The summed E-state index contributed by atoms with van der Waals surface area (Å²) >= 11 is 0. The SMILES string of the molecule is CC1(C)CCC(OCC(C)(CO)NC2CC2)CC1. The highest BCUT2D eigenvalue weighted by atomic mass is 16.5. The lowest BCUT2D eigenvalue weighted by Crippen LogP contribution is -2.51. The zero-order chi connectivity index (χ0) is 13.2. The summed E-state index contributed by atoms with van der Waals surface area (Å²) in [6, 6.07) is 0.607. The summed E-state index contributed by atoms with van der Waals surface area (Å²) in [5.41, 5.74) is 0.237. The molecule has 2 rings (SSSR count). The van der Waals surface area contributed by atoms with E-state index in [4.69, 9.17) is 4.74 Å². The Morgan fingerprint density at radius 2 is 1.83 bits per heavy atom. The summed E-state index contributed by atoms with van der Waals surface area (Å²) in [4.78, 5) is 0. The fourth-order valence-corrected chi connectivity index (χ4v) is 2.69. The van der Waals surface area contributed by atoms with E-state index in [1.165, 1.54) is 25.7 Å². The van der Waals surface area contributed by atoms with Gasteiger partial charge in [0.1, 0.15) is 0 Å². The zero-order valence-electron chi connectivity index (χ0n) is 12.2. The molecule has 0 aromatic carbocycles. The first-order valence-electron chi connectivity index (χ1n) is 7.43. The minimum Gasteiger partial charge on any atom is -0.394 e. The van der Waals surface area contributed by atoms with E-state index < -0.39 is 0 Å². The van der Waals surface area contributed by atoms with Crippen LogP contribution in [-0.2, 0) is 4.74 Å². The molecule has 0 aromatic heterocycles. The Hall–Kier alpha value is -0.120. The number of nitrogens with one attached hydrogen (secondary N) is 1. The van der Waals surface area contributed by atoms with Crippen molar-refractivity contribution in [3.8, 4) is 0 Å². The molecule has 3 heteroatoms. The lowest BCUT2D eigenvalue weighted by atomic mass is 9.76. The predicted molar refractivity (Wildman–Crippen MR) is 73.6 cm³/mol. The normalized spacial score (nSPS) is 28.0. The molecule has 0 aromatic rings. The van der Waals surface area contributed by atoms with Crippen LogP contribution >= 0.6 is 0 Å². The van der Waals surface area contributed by atoms with Gasteiger partial charge in [-0.15, -0.1) is 0 Å². The van der Waals surface area contributed by atoms with Crippen molar-refractivity contribution < 1.29 is 9.84 Å². The second-order valence-electron chi connectivity index (χ2n) is 7.31. The highest BCUT2D eigenvalue weighted by molar-refractivity contribution is 4.92. The first kappa shape index (κ1) is 14.3. The molecule has 0 spiro atoms. The molecule has 2 fully saturated rings. The summed E-state index contributed by atoms with van der Waals surface area (Å²) in [5.74, 6) is 0. The monoisotopic (exact) mass is 255 g/mol. The molecule has 0 bridgehead atoms. The first-order valence-corrected chi connectivity index (χ1v) is 7.43. The number of hydrogen-bond acceptors (Lipinski definition) is 3. The highest BCUT2D eigenvalue weighted by Crippen LogP contribution is 2.36. The minimum absolute atomic E-state index is 0.154. The Morgan fingerprint density at radius 1 is 1.22 bits per heavy atom. The van der Waals surface area contributed by atoms with Gasteiger partial charge < -0.3 is 15.2 Å². The van der Waals surface area contributed by atoms with Gasteiger partial charge in [0.2, 0.25) is 0 Å². The zero-order valence-corrected chi connectivity index (χ0v) is 12.2. The number of ether oxygens (including phenoxy) is 1. The molecule has 0 radical (unpaired) electrons. The van der Waals surface area contributed by atoms with Crippen LogP contribution in [0.1, 0.15) is 59.3 Å². The molecule has 2 aliphatic rings. The van der Waals surface area contributed by atoms with Gasteiger partial charge in [-0.2, -0.15) is 0 Å². The summed E-state index contributed by atoms with van der Waals surface area (Å²) in [5, 5.41) is 13.0. The highest BCUT2D eigenvalue weighted by Gasteiger charge is 2.34. The number of hydrogen-bond donors (Lipinski definition) is 2. The smallest absolute Gasteiger partial charge is 0.0671 e. The van der Waals surface area contributed by atoms with Crippen molar-refractivity contribution in [1.82, 2.24) is 5.32 Å². The van der Waals surface area contributed by atoms with Crippen molar-refractivity contribution in [3.63, 3.8) is 0 Å². The van der Waals surface area contributed by atoms with Crippen LogP contribution in [0.2, 0.25) is 0 Å². The molecule has 2 N–H and O–H groups in total. The van der Waals surface area contributed by atoms with Crippen molar-refractivity contribution in [2.75, 3.05) is 13.2 Å². The van der Waals surface area contributed by atoms with Gasteiger partial charge in [-0.05, 0) is 50.9 Å². The van der Waals surface area contributed by atoms with Crippen molar-refractivity contribution in [2.24, 2.45) is 5.41 Å². The number of aliphatic hydroxyl groups excluding tert-OH is 1. The standard InChI is InChI=1S/C15H29NO2/c1-14(2)8-6-13(7-9-14)18-11-15(3,10-17)16-12-4-5-12/h12-13,16-17H,4-11H2,1-3H3. The second kappa shape index (κ2) is 5.48. The average Bonchev–Trinajstić information content (AvgIpc) is 3.11. The molecule has 0 aliphatic heterocycles. The molecule has 1 unspecified atom stereocenters. The van der Waals surface area contributed by atoms with Crippen LogP contribution in [0.4, 0.5) is 0 Å². The van der Waals surface area contributed by atoms with Gasteiger partial charge in [-0.25, -0.2) is 0 Å². The quantitative estimate of drug-likeness (QED) is 0.766. The first-order chi connectivity index (χ1) is 8.42. The van der Waals surface area contributed by atoms with Crippen molar-refractivity contribution >= 4 is 0 Å². The molecule has 0 heterocycles. The summed E-state index contributed by atoms with van der Waals surface area (Å²) in [7, 11) is 0. The van der Waals surface area contributed by atoms with Crippen LogP contribution in [0.3, 0.4) is 0 Å². The molecular formula is C15H29NO2. The van der Waals surface area contributed by atoms with Crippen molar-refractivity contribution in [3.05, 3.63) is 0 Å². The van der Waals surface area contributed by atoms with Crippen LogP contribution in [0, 0.1) is 5.41 Å². The topological polar surface area (TPSA) is 41.5 Å². The molecular weight excluding hydrogens is 226 g/mol. The van der Waals surface area contributed by atoms with Gasteiger partial charge in [-0.3, -0.25) is 0 Å². The van der Waals surface area contributed by atoms with Crippen LogP contribution in [0.25, 0.3) is 0 Å². The lowest BCUT2D eigenvalue weighted by Gasteiger charge is -2.36. The fraction of sp³-hybridized carbons (Fsp3) is 1.00. The van der Waals surface area contributed by atoms with E-state index in [1.54, 1.807) is 0 Å². The third-order valence-corrected chi connectivity index (χ3v) is 4.40. The van der Waals surface area contributed by atoms with E-state index in [0.29, 0.717) is 24.2 Å². The molecule has 1 atom stereocenters. The summed E-state index contributed by atoms with van der Waals surface area (Å²) in [6.07, 6.45) is 7.72. The van der Waals surface area contributed by atoms with Crippen LogP contribution < -0.4 is 5.32 Å². The Morgan fingerprint density at radius 3 is 2.33 bits per heavy atom. The van der Waals surface area contributed by atoms with Crippen molar-refractivity contribution in [1.29, 1.82) is 0 Å². The van der Waals surface area contributed by atoms with Gasteiger partial charge in [0, 0.05) is 6.04 Å². The maximum Gasteiger partial charge on any atom is 0.0671 e. The van der Waals surface area contributed by atoms with Crippen LogP contribution in [0.15, 0.2) is 0 Å². The van der Waals surface area contributed by atoms with E-state index in [2.05, 4.69) is 26.1 Å². The summed E-state index contributed by atoms with van der Waals surface area (Å²) in [6.45, 7) is 7.54. The lowest BCUT2D eigenvalue weighted by molar-refractivity contribution is -0.0338. The van der Waals surface area contributed by atoms with Crippen LogP contribution in [0.5, 0.6) is 0 Å². The molecule has 2 saturated carbocycles. The molecule has 0 saturated heterocycles. The predicted octanol–water partition coefficient (Wildman–Crippen LogP) is 2.47. The Balaban J connectivity index is 1.72. The minimum atomic E-state index is -0.256. The average molecular weight is 255 g/mol. The Bertz CT molecular complexity index is 266. The van der Waals surface area contributed by atoms with E-state index >= 15 is 0 Å².